The molecule has 1 aromatic carbocycles. The summed E-state index contributed by atoms with van der Waals surface area (Å²) in [4.78, 5) is 10.9. The highest BCUT2D eigenvalue weighted by atomic mass is 31.2. The highest BCUT2D eigenvalue weighted by Crippen LogP contribution is 2.49. The van der Waals surface area contributed by atoms with E-state index in [1.54, 1.807) is 38.1 Å². The van der Waals surface area contributed by atoms with Crippen molar-refractivity contribution in [1.82, 2.24) is 0 Å². The molecular weight excluding hydrogens is 269 g/mol. The third-order valence-electron chi connectivity index (χ3n) is 1.97. The summed E-state index contributed by atoms with van der Waals surface area (Å²) < 4.78 is 27.4. The maximum Gasteiger partial charge on any atom is 0.530 e. The number of carbonyl (C=O) groups is 1. The van der Waals surface area contributed by atoms with E-state index in [0.29, 0.717) is 11.4 Å². The average Bonchev–Trinajstić information content (AvgIpc) is 2.31. The molecule has 0 fully saturated rings. The van der Waals surface area contributed by atoms with Crippen LogP contribution in [0.4, 0.5) is 5.69 Å². The zero-order valence-corrected chi connectivity index (χ0v) is 12.1. The van der Waals surface area contributed by atoms with Crippen molar-refractivity contribution in [1.29, 1.82) is 0 Å². The Hall–Kier alpha value is -1.36. The predicted molar refractivity (Wildman–Crippen MR) is 72.2 cm³/mol. The maximum absolute atomic E-state index is 12.1. The molecule has 1 aromatic rings. The highest BCUT2D eigenvalue weighted by Gasteiger charge is 2.27. The van der Waals surface area contributed by atoms with Crippen molar-refractivity contribution in [2.45, 2.75) is 20.8 Å². The van der Waals surface area contributed by atoms with E-state index >= 15 is 0 Å². The second kappa shape index (κ2) is 7.28. The molecule has 0 heterocycles. The number of nitrogens with one attached hydrogen (secondary N) is 1. The van der Waals surface area contributed by atoms with Crippen LogP contribution < -0.4 is 9.84 Å². The quantitative estimate of drug-likeness (QED) is 0.779. The lowest BCUT2D eigenvalue weighted by atomic mass is 10.3. The van der Waals surface area contributed by atoms with Crippen molar-refractivity contribution in [2.24, 2.45) is 0 Å². The van der Waals surface area contributed by atoms with Gasteiger partial charge in [0, 0.05) is 12.6 Å². The van der Waals surface area contributed by atoms with Crippen LogP contribution >= 0.6 is 7.82 Å². The normalized spacial score (nSPS) is 11.1. The summed E-state index contributed by atoms with van der Waals surface area (Å²) in [6.07, 6.45) is 0. The molecule has 1 amide bonds. The number of carbonyl (C=O) groups excluding carboxylic acids is 1. The van der Waals surface area contributed by atoms with E-state index in [4.69, 9.17) is 13.6 Å². The van der Waals surface area contributed by atoms with Gasteiger partial charge in [0.15, 0.2) is 0 Å². The number of hydrogen-bond acceptors (Lipinski definition) is 5. The molecule has 0 unspecified atom stereocenters. The first-order valence-electron chi connectivity index (χ1n) is 5.95. The van der Waals surface area contributed by atoms with Gasteiger partial charge in [-0.1, -0.05) is 0 Å². The maximum atomic E-state index is 12.1. The SMILES string of the molecule is CCOP(=O)(OCC)Oc1ccc(NC(C)=O)cc1. The molecule has 1 rings (SSSR count). The fourth-order valence-corrected chi connectivity index (χ4v) is 2.53. The molecule has 0 aliphatic heterocycles. The number of amides is 1. The lowest BCUT2D eigenvalue weighted by Gasteiger charge is -2.17. The Morgan fingerprint density at radius 2 is 1.68 bits per heavy atom. The number of rotatable bonds is 7. The molecular formula is C12H18NO5P. The van der Waals surface area contributed by atoms with E-state index in [1.807, 2.05) is 0 Å². The Labute approximate surface area is 112 Å². The Morgan fingerprint density at radius 1 is 1.16 bits per heavy atom. The molecule has 0 atom stereocenters. The van der Waals surface area contributed by atoms with Crippen LogP contribution in [0.25, 0.3) is 0 Å². The Balaban J connectivity index is 2.75. The van der Waals surface area contributed by atoms with E-state index < -0.39 is 7.82 Å². The highest BCUT2D eigenvalue weighted by molar-refractivity contribution is 7.48. The first-order valence-corrected chi connectivity index (χ1v) is 7.41. The van der Waals surface area contributed by atoms with E-state index in [0.717, 1.165) is 0 Å². The predicted octanol–water partition coefficient (Wildman–Crippen LogP) is 3.20. The Bertz CT molecular complexity index is 450. The van der Waals surface area contributed by atoms with Gasteiger partial charge in [-0.25, -0.2) is 4.57 Å². The molecule has 7 heteroatoms. The number of phosphoric acid groups is 1. The fraction of sp³-hybridized carbons (Fsp3) is 0.417. The van der Waals surface area contributed by atoms with Gasteiger partial charge in [0.2, 0.25) is 5.91 Å². The third kappa shape index (κ3) is 5.42. The standard InChI is InChI=1S/C12H18NO5P/c1-4-16-19(15,17-5-2)18-12-8-6-11(7-9-12)13-10(3)14/h6-9H,4-5H2,1-3H3,(H,13,14). The molecule has 6 nitrogen and oxygen atoms in total. The summed E-state index contributed by atoms with van der Waals surface area (Å²) in [6, 6.07) is 6.43. The van der Waals surface area contributed by atoms with Crippen molar-refractivity contribution in [2.75, 3.05) is 18.5 Å². The van der Waals surface area contributed by atoms with Crippen LogP contribution in [0.1, 0.15) is 20.8 Å². The molecule has 19 heavy (non-hydrogen) atoms. The number of hydrogen-bond donors (Lipinski definition) is 1. The Morgan fingerprint density at radius 3 is 2.11 bits per heavy atom. The van der Waals surface area contributed by atoms with Crippen LogP contribution in [-0.4, -0.2) is 19.1 Å². The van der Waals surface area contributed by atoms with Crippen LogP contribution in [0.3, 0.4) is 0 Å². The first kappa shape index (κ1) is 15.7. The van der Waals surface area contributed by atoms with Gasteiger partial charge in [0.05, 0.1) is 13.2 Å². The second-order valence-electron chi connectivity index (χ2n) is 3.58. The molecule has 0 radical (unpaired) electrons. The first-order chi connectivity index (χ1) is 8.99. The Kier molecular flexibility index (Phi) is 6.02. The third-order valence-corrected chi connectivity index (χ3v) is 3.55. The summed E-state index contributed by atoms with van der Waals surface area (Å²) in [6.45, 7) is 5.27. The van der Waals surface area contributed by atoms with Crippen molar-refractivity contribution in [3.8, 4) is 5.75 Å². The average molecular weight is 287 g/mol. The van der Waals surface area contributed by atoms with Gasteiger partial charge in [-0.3, -0.25) is 13.8 Å². The van der Waals surface area contributed by atoms with Crippen molar-refractivity contribution in [3.63, 3.8) is 0 Å². The van der Waals surface area contributed by atoms with E-state index in [-0.39, 0.29) is 19.1 Å². The summed E-state index contributed by atoms with van der Waals surface area (Å²) in [7, 11) is -3.57. The number of benzene rings is 1. The second-order valence-corrected chi connectivity index (χ2v) is 5.17. The lowest BCUT2D eigenvalue weighted by molar-refractivity contribution is -0.114. The van der Waals surface area contributed by atoms with Gasteiger partial charge in [-0.15, -0.1) is 0 Å². The smallest absolute Gasteiger partial charge is 0.404 e. The molecule has 0 aromatic heterocycles. The van der Waals surface area contributed by atoms with Crippen LogP contribution in [0, 0.1) is 0 Å². The van der Waals surface area contributed by atoms with E-state index in [9.17, 15) is 9.36 Å². The molecule has 0 bridgehead atoms. The molecule has 0 saturated heterocycles. The largest absolute Gasteiger partial charge is 0.530 e. The van der Waals surface area contributed by atoms with Crippen LogP contribution in [0.2, 0.25) is 0 Å². The minimum Gasteiger partial charge on any atom is -0.404 e. The summed E-state index contributed by atoms with van der Waals surface area (Å²) in [5.41, 5.74) is 0.627. The van der Waals surface area contributed by atoms with Crippen molar-refractivity contribution < 1.29 is 22.9 Å². The van der Waals surface area contributed by atoms with Gasteiger partial charge in [0.1, 0.15) is 5.75 Å². The van der Waals surface area contributed by atoms with E-state index in [2.05, 4.69) is 5.32 Å². The summed E-state index contributed by atoms with van der Waals surface area (Å²) in [5.74, 6) is 0.183. The van der Waals surface area contributed by atoms with Gasteiger partial charge in [0.25, 0.3) is 0 Å². The zero-order valence-electron chi connectivity index (χ0n) is 11.2. The molecule has 1 N–H and O–H groups in total. The molecule has 0 saturated carbocycles. The van der Waals surface area contributed by atoms with Crippen LogP contribution in [0.5, 0.6) is 5.75 Å². The van der Waals surface area contributed by atoms with Gasteiger partial charge < -0.3 is 9.84 Å². The zero-order chi connectivity index (χ0) is 14.3. The van der Waals surface area contributed by atoms with Gasteiger partial charge in [-0.2, -0.15) is 0 Å². The minimum absolute atomic E-state index is 0.164. The van der Waals surface area contributed by atoms with Crippen LogP contribution in [-0.2, 0) is 18.4 Å². The van der Waals surface area contributed by atoms with Gasteiger partial charge in [-0.05, 0) is 38.1 Å². The van der Waals surface area contributed by atoms with Crippen LogP contribution in [0.15, 0.2) is 24.3 Å². The number of phosphoric ester groups is 1. The lowest BCUT2D eigenvalue weighted by Crippen LogP contribution is -2.05. The molecule has 106 valence electrons. The summed E-state index contributed by atoms with van der Waals surface area (Å²) >= 11 is 0. The van der Waals surface area contributed by atoms with E-state index in [1.165, 1.54) is 6.92 Å². The van der Waals surface area contributed by atoms with Crippen molar-refractivity contribution in [3.05, 3.63) is 24.3 Å². The topological polar surface area (TPSA) is 73.9 Å². The molecule has 0 spiro atoms. The van der Waals surface area contributed by atoms with Crippen molar-refractivity contribution >= 4 is 19.4 Å². The fourth-order valence-electron chi connectivity index (χ4n) is 1.34. The molecule has 0 aliphatic rings. The number of anilines is 1. The minimum atomic E-state index is -3.57. The molecule has 0 aliphatic carbocycles. The monoisotopic (exact) mass is 287 g/mol. The van der Waals surface area contributed by atoms with Gasteiger partial charge >= 0.3 is 7.82 Å². The summed E-state index contributed by atoms with van der Waals surface area (Å²) in [5, 5.41) is 2.62.